The Morgan fingerprint density at radius 3 is 2.58 bits per heavy atom. The Labute approximate surface area is 152 Å². The lowest BCUT2D eigenvalue weighted by Gasteiger charge is -2.22. The van der Waals surface area contributed by atoms with Crippen molar-refractivity contribution in [1.29, 1.82) is 0 Å². The Balaban J connectivity index is 1.83. The van der Waals surface area contributed by atoms with E-state index in [4.69, 9.17) is 14.6 Å². The number of aliphatic carboxylic acids is 1. The van der Waals surface area contributed by atoms with Crippen LogP contribution in [-0.4, -0.2) is 60.6 Å². The molecule has 142 valence electrons. The lowest BCUT2D eigenvalue weighted by molar-refractivity contribution is -0.146. The Bertz CT molecular complexity index is 642. The van der Waals surface area contributed by atoms with Crippen molar-refractivity contribution in [2.24, 2.45) is 5.92 Å². The van der Waals surface area contributed by atoms with Crippen LogP contribution in [0.25, 0.3) is 0 Å². The number of likely N-dealkylation sites (tertiary alicyclic amines) is 1. The van der Waals surface area contributed by atoms with E-state index in [1.165, 1.54) is 7.11 Å². The number of carboxylic acids is 1. The van der Waals surface area contributed by atoms with E-state index >= 15 is 0 Å². The van der Waals surface area contributed by atoms with Crippen molar-refractivity contribution in [3.8, 4) is 5.75 Å². The van der Waals surface area contributed by atoms with Crippen LogP contribution < -0.4 is 4.74 Å². The van der Waals surface area contributed by atoms with Crippen molar-refractivity contribution in [3.05, 3.63) is 29.8 Å². The van der Waals surface area contributed by atoms with Gasteiger partial charge in [0.05, 0.1) is 13.5 Å². The van der Waals surface area contributed by atoms with Crippen LogP contribution in [0.1, 0.15) is 36.5 Å². The van der Waals surface area contributed by atoms with Crippen LogP contribution in [-0.2, 0) is 14.3 Å². The standard InChI is InChI=1S/C19H25NO6/c1-13(12-17(21)22)18(23)14-5-7-15(8-6-14)26-11-10-20-9-3-4-16(20)19(24)25-2/h5-8,13,16H,3-4,9-12H2,1-2H3,(H,21,22). The first-order valence-electron chi connectivity index (χ1n) is 8.73. The highest BCUT2D eigenvalue weighted by Crippen LogP contribution is 2.19. The highest BCUT2D eigenvalue weighted by atomic mass is 16.5. The molecule has 1 fully saturated rings. The second-order valence-corrected chi connectivity index (χ2v) is 6.45. The summed E-state index contributed by atoms with van der Waals surface area (Å²) in [6.07, 6.45) is 1.58. The van der Waals surface area contributed by atoms with Gasteiger partial charge in [-0.2, -0.15) is 0 Å². The van der Waals surface area contributed by atoms with Gasteiger partial charge in [0.25, 0.3) is 0 Å². The van der Waals surface area contributed by atoms with Crippen LogP contribution in [0.15, 0.2) is 24.3 Å². The average Bonchev–Trinajstić information content (AvgIpc) is 3.09. The van der Waals surface area contributed by atoms with E-state index in [2.05, 4.69) is 4.90 Å². The molecule has 1 aliphatic heterocycles. The first kappa shape index (κ1) is 19.9. The lowest BCUT2D eigenvalue weighted by atomic mass is 9.96. The number of hydrogen-bond acceptors (Lipinski definition) is 6. The number of hydrogen-bond donors (Lipinski definition) is 1. The van der Waals surface area contributed by atoms with Crippen LogP contribution in [0.5, 0.6) is 5.75 Å². The van der Waals surface area contributed by atoms with E-state index < -0.39 is 11.9 Å². The second-order valence-electron chi connectivity index (χ2n) is 6.45. The van der Waals surface area contributed by atoms with Crippen LogP contribution in [0.2, 0.25) is 0 Å². The van der Waals surface area contributed by atoms with Gasteiger partial charge >= 0.3 is 11.9 Å². The molecule has 7 nitrogen and oxygen atoms in total. The molecule has 0 radical (unpaired) electrons. The number of methoxy groups -OCH3 is 1. The molecule has 0 aliphatic carbocycles. The maximum absolute atomic E-state index is 12.2. The van der Waals surface area contributed by atoms with Crippen molar-refractivity contribution in [2.45, 2.75) is 32.2 Å². The number of ether oxygens (including phenoxy) is 2. The first-order chi connectivity index (χ1) is 12.4. The molecule has 1 aromatic rings. The van der Waals surface area contributed by atoms with Crippen molar-refractivity contribution in [2.75, 3.05) is 26.8 Å². The molecule has 26 heavy (non-hydrogen) atoms. The topological polar surface area (TPSA) is 93.1 Å². The molecule has 0 saturated carbocycles. The minimum absolute atomic E-state index is 0.186. The molecule has 0 bridgehead atoms. The van der Waals surface area contributed by atoms with Crippen molar-refractivity contribution in [1.82, 2.24) is 4.90 Å². The molecule has 7 heteroatoms. The zero-order chi connectivity index (χ0) is 19.1. The van der Waals surface area contributed by atoms with Crippen molar-refractivity contribution >= 4 is 17.7 Å². The quantitative estimate of drug-likeness (QED) is 0.530. The zero-order valence-corrected chi connectivity index (χ0v) is 15.1. The Morgan fingerprint density at radius 1 is 1.27 bits per heavy atom. The summed E-state index contributed by atoms with van der Waals surface area (Å²) in [5.41, 5.74) is 0.469. The Morgan fingerprint density at radius 2 is 1.96 bits per heavy atom. The van der Waals surface area contributed by atoms with E-state index in [1.54, 1.807) is 31.2 Å². The number of carboxylic acid groups (broad SMARTS) is 1. The molecule has 1 aromatic carbocycles. The second kappa shape index (κ2) is 9.33. The van der Waals surface area contributed by atoms with Gasteiger partial charge in [0.2, 0.25) is 0 Å². The Hall–Kier alpha value is -2.41. The number of carbonyl (C=O) groups excluding carboxylic acids is 2. The van der Waals surface area contributed by atoms with Crippen molar-refractivity contribution in [3.63, 3.8) is 0 Å². The molecule has 1 heterocycles. The van der Waals surface area contributed by atoms with Crippen molar-refractivity contribution < 1.29 is 29.0 Å². The van der Waals surface area contributed by atoms with Gasteiger partial charge in [-0.05, 0) is 43.7 Å². The minimum atomic E-state index is -0.988. The number of ketones is 1. The summed E-state index contributed by atoms with van der Waals surface area (Å²) in [5, 5.41) is 8.77. The summed E-state index contributed by atoms with van der Waals surface area (Å²) < 4.78 is 10.5. The first-order valence-corrected chi connectivity index (χ1v) is 8.73. The minimum Gasteiger partial charge on any atom is -0.492 e. The third-order valence-corrected chi connectivity index (χ3v) is 4.55. The fourth-order valence-electron chi connectivity index (χ4n) is 3.13. The van der Waals surface area contributed by atoms with Crippen LogP contribution in [0.3, 0.4) is 0 Å². The monoisotopic (exact) mass is 363 g/mol. The zero-order valence-electron chi connectivity index (χ0n) is 15.1. The maximum atomic E-state index is 12.2. The molecule has 2 atom stereocenters. The summed E-state index contributed by atoms with van der Waals surface area (Å²) in [6, 6.07) is 6.48. The number of benzene rings is 1. The van der Waals surface area contributed by atoms with E-state index in [1.807, 2.05) is 0 Å². The van der Waals surface area contributed by atoms with Gasteiger partial charge in [-0.15, -0.1) is 0 Å². The molecule has 0 spiro atoms. The number of Topliss-reactive ketones (excluding diaryl/α,β-unsaturated/α-hetero) is 1. The molecular weight excluding hydrogens is 338 g/mol. The van der Waals surface area contributed by atoms with Crippen LogP contribution in [0, 0.1) is 5.92 Å². The van der Waals surface area contributed by atoms with Crippen LogP contribution >= 0.6 is 0 Å². The number of esters is 1. The third-order valence-electron chi connectivity index (χ3n) is 4.55. The van der Waals surface area contributed by atoms with E-state index in [0.717, 1.165) is 19.4 Å². The SMILES string of the molecule is COC(=O)C1CCCN1CCOc1ccc(C(=O)C(C)CC(=O)O)cc1. The number of nitrogens with zero attached hydrogens (tertiary/aromatic N) is 1. The molecule has 1 saturated heterocycles. The van der Waals surface area contributed by atoms with E-state index in [-0.39, 0.29) is 24.2 Å². The van der Waals surface area contributed by atoms with Gasteiger partial charge in [0, 0.05) is 18.0 Å². The molecule has 0 amide bonds. The predicted molar refractivity (Wildman–Crippen MR) is 94.3 cm³/mol. The third kappa shape index (κ3) is 5.29. The molecule has 1 N–H and O–H groups in total. The summed E-state index contributed by atoms with van der Waals surface area (Å²) in [7, 11) is 1.40. The van der Waals surface area contributed by atoms with Gasteiger partial charge < -0.3 is 14.6 Å². The lowest BCUT2D eigenvalue weighted by Crippen LogP contribution is -2.39. The van der Waals surface area contributed by atoms with Gasteiger partial charge in [-0.3, -0.25) is 19.3 Å². The van der Waals surface area contributed by atoms with Gasteiger partial charge in [-0.25, -0.2) is 0 Å². The molecule has 2 unspecified atom stereocenters. The smallest absolute Gasteiger partial charge is 0.323 e. The predicted octanol–water partition coefficient (Wildman–Crippen LogP) is 2.00. The van der Waals surface area contributed by atoms with Crippen LogP contribution in [0.4, 0.5) is 0 Å². The average molecular weight is 363 g/mol. The fourth-order valence-corrected chi connectivity index (χ4v) is 3.13. The Kier molecular flexibility index (Phi) is 7.15. The molecular formula is C19H25NO6. The number of rotatable bonds is 9. The summed E-state index contributed by atoms with van der Waals surface area (Å²) >= 11 is 0. The molecule has 2 rings (SSSR count). The van der Waals surface area contributed by atoms with Gasteiger partial charge in [0.15, 0.2) is 5.78 Å². The van der Waals surface area contributed by atoms with Gasteiger partial charge in [-0.1, -0.05) is 6.92 Å². The highest BCUT2D eigenvalue weighted by molar-refractivity contribution is 5.99. The molecule has 0 aromatic heterocycles. The summed E-state index contributed by atoms with van der Waals surface area (Å²) in [4.78, 5) is 36.6. The number of carbonyl (C=O) groups is 3. The van der Waals surface area contributed by atoms with E-state index in [9.17, 15) is 14.4 Å². The van der Waals surface area contributed by atoms with Gasteiger partial charge in [0.1, 0.15) is 18.4 Å². The summed E-state index contributed by atoms with van der Waals surface area (Å²) in [5.74, 6) is -1.33. The normalized spacial score (nSPS) is 18.3. The van der Waals surface area contributed by atoms with E-state index in [0.29, 0.717) is 24.5 Å². The highest BCUT2D eigenvalue weighted by Gasteiger charge is 2.31. The fraction of sp³-hybridized carbons (Fsp3) is 0.526. The molecule has 1 aliphatic rings. The summed E-state index contributed by atoms with van der Waals surface area (Å²) in [6.45, 7) is 3.50. The largest absolute Gasteiger partial charge is 0.492 e. The maximum Gasteiger partial charge on any atom is 0.323 e.